The van der Waals surface area contributed by atoms with Gasteiger partial charge in [0.05, 0.1) is 23.5 Å². The Kier molecular flexibility index (Phi) is 4.70. The van der Waals surface area contributed by atoms with Crippen molar-refractivity contribution in [1.82, 2.24) is 24.1 Å². The maximum atomic E-state index is 13.2. The zero-order valence-electron chi connectivity index (χ0n) is 15.8. The number of nitrogens with zero attached hydrogens (tertiary/aromatic N) is 3. The lowest BCUT2D eigenvalue weighted by Crippen LogP contribution is -2.51. The highest BCUT2D eigenvalue weighted by atomic mass is 32.2. The molecule has 0 spiro atoms. The van der Waals surface area contributed by atoms with Crippen LogP contribution in [0.5, 0.6) is 11.5 Å². The fourth-order valence-electron chi connectivity index (χ4n) is 3.62. The van der Waals surface area contributed by atoms with Gasteiger partial charge in [-0.05, 0) is 29.8 Å². The first kappa shape index (κ1) is 19.1. The predicted octanol–water partition coefficient (Wildman–Crippen LogP) is 2.56. The van der Waals surface area contributed by atoms with Gasteiger partial charge in [-0.25, -0.2) is 4.79 Å². The Hall–Kier alpha value is -2.92. The van der Waals surface area contributed by atoms with E-state index in [1.807, 2.05) is 28.9 Å². The fraction of sp³-hybridized carbons (Fsp3) is 0.316. The highest BCUT2D eigenvalue weighted by Gasteiger charge is 2.43. The van der Waals surface area contributed by atoms with Crippen LogP contribution in [0.15, 0.2) is 54.1 Å². The number of piperazine rings is 1. The SMILES string of the molecule is O=C(NC1=CC=CN2SNC=C12)N1CCN(Cc2ccc3c(c2)OC(F)(F)O3)CC1. The number of urea groups is 1. The first-order chi connectivity index (χ1) is 14.5. The zero-order valence-corrected chi connectivity index (χ0v) is 16.6. The molecule has 4 aliphatic heterocycles. The van der Waals surface area contributed by atoms with E-state index < -0.39 is 6.29 Å². The average molecular weight is 435 g/mol. The minimum absolute atomic E-state index is 0.0432. The summed E-state index contributed by atoms with van der Waals surface area (Å²) in [6.07, 6.45) is 3.91. The van der Waals surface area contributed by atoms with Gasteiger partial charge in [0.15, 0.2) is 11.5 Å². The summed E-state index contributed by atoms with van der Waals surface area (Å²) in [4.78, 5) is 16.6. The van der Waals surface area contributed by atoms with Crippen LogP contribution in [0.2, 0.25) is 0 Å². The second kappa shape index (κ2) is 7.40. The summed E-state index contributed by atoms with van der Waals surface area (Å²) < 4.78 is 40.3. The molecule has 30 heavy (non-hydrogen) atoms. The van der Waals surface area contributed by atoms with E-state index in [2.05, 4.69) is 24.4 Å². The van der Waals surface area contributed by atoms with Crippen LogP contribution in [0, 0.1) is 0 Å². The molecule has 1 fully saturated rings. The standard InChI is InChI=1S/C19H19F2N5O3S/c20-19(21)28-16-4-3-13(10-17(16)29-19)12-24-6-8-25(9-7-24)18(27)23-14-2-1-5-26-15(14)11-22-30-26/h1-5,10-11,22H,6-9,12H2,(H,23,27). The summed E-state index contributed by atoms with van der Waals surface area (Å²) in [7, 11) is 0. The molecular formula is C19H19F2N5O3S. The van der Waals surface area contributed by atoms with E-state index in [0.29, 0.717) is 32.7 Å². The smallest absolute Gasteiger partial charge is 0.395 e. The van der Waals surface area contributed by atoms with Crippen LogP contribution in [0.1, 0.15) is 5.56 Å². The zero-order chi connectivity index (χ0) is 20.7. The van der Waals surface area contributed by atoms with Gasteiger partial charge in [0.25, 0.3) is 0 Å². The van der Waals surface area contributed by atoms with Gasteiger partial charge in [0, 0.05) is 45.1 Å². The first-order valence-corrected chi connectivity index (χ1v) is 10.2. The molecule has 4 aliphatic rings. The first-order valence-electron chi connectivity index (χ1n) is 9.45. The van der Waals surface area contributed by atoms with Gasteiger partial charge in [-0.3, -0.25) is 9.21 Å². The molecule has 1 saturated heterocycles. The van der Waals surface area contributed by atoms with Gasteiger partial charge in [-0.15, -0.1) is 8.78 Å². The van der Waals surface area contributed by atoms with Gasteiger partial charge >= 0.3 is 12.3 Å². The maximum Gasteiger partial charge on any atom is 0.586 e. The molecule has 0 aromatic heterocycles. The number of amides is 2. The molecule has 0 aliphatic carbocycles. The largest absolute Gasteiger partial charge is 0.586 e. The molecule has 11 heteroatoms. The topological polar surface area (TPSA) is 69.3 Å². The van der Waals surface area contributed by atoms with Crippen molar-refractivity contribution < 1.29 is 23.0 Å². The van der Waals surface area contributed by atoms with Crippen molar-refractivity contribution in [2.45, 2.75) is 12.8 Å². The van der Waals surface area contributed by atoms with E-state index in [1.165, 1.54) is 18.2 Å². The van der Waals surface area contributed by atoms with Crippen LogP contribution in [-0.4, -0.2) is 52.6 Å². The fourth-order valence-corrected chi connectivity index (χ4v) is 4.28. The summed E-state index contributed by atoms with van der Waals surface area (Å²) in [5, 5.41) is 2.97. The lowest BCUT2D eigenvalue weighted by molar-refractivity contribution is -0.286. The van der Waals surface area contributed by atoms with E-state index in [-0.39, 0.29) is 17.5 Å². The number of carbonyl (C=O) groups excluding carboxylic acids is 1. The van der Waals surface area contributed by atoms with Crippen molar-refractivity contribution in [3.05, 3.63) is 59.7 Å². The Balaban J connectivity index is 1.14. The Morgan fingerprint density at radius 2 is 2.00 bits per heavy atom. The number of alkyl halides is 2. The van der Waals surface area contributed by atoms with Crippen LogP contribution in [0.25, 0.3) is 0 Å². The third-order valence-electron chi connectivity index (χ3n) is 5.12. The van der Waals surface area contributed by atoms with Crippen molar-refractivity contribution in [3.8, 4) is 11.5 Å². The van der Waals surface area contributed by atoms with Crippen LogP contribution < -0.4 is 19.5 Å². The molecule has 1 aromatic carbocycles. The summed E-state index contributed by atoms with van der Waals surface area (Å²) >= 11 is 1.43. The molecule has 8 nitrogen and oxygen atoms in total. The monoisotopic (exact) mass is 435 g/mol. The quantitative estimate of drug-likeness (QED) is 0.708. The second-order valence-corrected chi connectivity index (χ2v) is 7.94. The van der Waals surface area contributed by atoms with Gasteiger partial charge in [-0.1, -0.05) is 6.07 Å². The Morgan fingerprint density at radius 3 is 2.83 bits per heavy atom. The number of hydrogen-bond acceptors (Lipinski definition) is 7. The maximum absolute atomic E-state index is 13.2. The summed E-state index contributed by atoms with van der Waals surface area (Å²) in [5.41, 5.74) is 2.51. The molecular weight excluding hydrogens is 416 g/mol. The van der Waals surface area contributed by atoms with E-state index in [1.54, 1.807) is 17.0 Å². The molecule has 158 valence electrons. The third kappa shape index (κ3) is 3.77. The summed E-state index contributed by atoms with van der Waals surface area (Å²) in [6.45, 7) is 3.10. The van der Waals surface area contributed by atoms with Crippen molar-refractivity contribution in [3.63, 3.8) is 0 Å². The van der Waals surface area contributed by atoms with Crippen molar-refractivity contribution >= 4 is 18.2 Å². The Morgan fingerprint density at radius 1 is 1.20 bits per heavy atom. The lowest BCUT2D eigenvalue weighted by Gasteiger charge is -2.35. The molecule has 2 N–H and O–H groups in total. The van der Waals surface area contributed by atoms with Gasteiger partial charge in [-0.2, -0.15) is 0 Å². The van der Waals surface area contributed by atoms with Crippen LogP contribution in [0.4, 0.5) is 13.6 Å². The molecule has 1 aromatic rings. The molecule has 0 bridgehead atoms. The van der Waals surface area contributed by atoms with Gasteiger partial charge in [0.2, 0.25) is 0 Å². The number of rotatable bonds is 3. The Labute approximate surface area is 176 Å². The summed E-state index contributed by atoms with van der Waals surface area (Å²) in [6, 6.07) is 4.68. The average Bonchev–Trinajstić information content (AvgIpc) is 3.31. The van der Waals surface area contributed by atoms with Crippen LogP contribution in [0.3, 0.4) is 0 Å². The van der Waals surface area contributed by atoms with Gasteiger partial charge < -0.3 is 24.4 Å². The lowest BCUT2D eigenvalue weighted by atomic mass is 10.1. The second-order valence-electron chi connectivity index (χ2n) is 7.13. The molecule has 0 atom stereocenters. The van der Waals surface area contributed by atoms with Crippen LogP contribution >= 0.6 is 12.1 Å². The number of benzene rings is 1. The van der Waals surface area contributed by atoms with E-state index in [0.717, 1.165) is 17.0 Å². The minimum Gasteiger partial charge on any atom is -0.395 e. The number of ether oxygens (including phenoxy) is 2. The molecule has 0 unspecified atom stereocenters. The van der Waals surface area contributed by atoms with Gasteiger partial charge in [0.1, 0.15) is 0 Å². The highest BCUT2D eigenvalue weighted by molar-refractivity contribution is 7.95. The molecule has 2 amide bonds. The van der Waals surface area contributed by atoms with E-state index >= 15 is 0 Å². The minimum atomic E-state index is -3.61. The van der Waals surface area contributed by atoms with Crippen molar-refractivity contribution in [2.75, 3.05) is 26.2 Å². The number of nitrogens with one attached hydrogen (secondary N) is 2. The molecule has 0 radical (unpaired) electrons. The molecule has 0 saturated carbocycles. The Bertz CT molecular complexity index is 959. The molecule has 4 heterocycles. The highest BCUT2D eigenvalue weighted by Crippen LogP contribution is 2.41. The third-order valence-corrected chi connectivity index (χ3v) is 5.86. The van der Waals surface area contributed by atoms with E-state index in [4.69, 9.17) is 0 Å². The summed E-state index contributed by atoms with van der Waals surface area (Å²) in [5.74, 6) is 0.0925. The van der Waals surface area contributed by atoms with Crippen molar-refractivity contribution in [1.29, 1.82) is 0 Å². The number of hydrogen-bond donors (Lipinski definition) is 2. The normalized spacial score (nSPS) is 21.7. The predicted molar refractivity (Wildman–Crippen MR) is 106 cm³/mol. The number of carbonyl (C=O) groups is 1. The van der Waals surface area contributed by atoms with Crippen molar-refractivity contribution in [2.24, 2.45) is 0 Å². The number of allylic oxidation sites excluding steroid dienone is 2. The number of halogens is 2. The van der Waals surface area contributed by atoms with Crippen LogP contribution in [-0.2, 0) is 6.54 Å². The van der Waals surface area contributed by atoms with E-state index in [9.17, 15) is 13.6 Å². The number of fused-ring (bicyclic) bond motifs is 2. The molecule has 5 rings (SSSR count).